The first-order chi connectivity index (χ1) is 14.4. The fourth-order valence-electron chi connectivity index (χ4n) is 3.58. The van der Waals surface area contributed by atoms with Gasteiger partial charge in [-0.3, -0.25) is 9.59 Å². The molecule has 2 aromatic rings. The Hall–Kier alpha value is -2.90. The van der Waals surface area contributed by atoms with Crippen LogP contribution in [0, 0.1) is 0 Å². The summed E-state index contributed by atoms with van der Waals surface area (Å²) >= 11 is 6.28. The maximum Gasteiger partial charge on any atom is 0.334 e. The number of aliphatic hydroxyl groups is 1. The van der Waals surface area contributed by atoms with Crippen molar-refractivity contribution in [3.8, 4) is 0 Å². The Balaban J connectivity index is 1.98. The molecule has 3 N–H and O–H groups in total. The number of rotatable bonds is 8. The van der Waals surface area contributed by atoms with Gasteiger partial charge in [0.2, 0.25) is 11.8 Å². The molecule has 30 heavy (non-hydrogen) atoms. The summed E-state index contributed by atoms with van der Waals surface area (Å²) in [5, 5.41) is 23.1. The van der Waals surface area contributed by atoms with Gasteiger partial charge in [0.15, 0.2) is 6.10 Å². The van der Waals surface area contributed by atoms with Crippen molar-refractivity contribution in [3.05, 3.63) is 70.7 Å². The van der Waals surface area contributed by atoms with Crippen LogP contribution in [0.5, 0.6) is 0 Å². The summed E-state index contributed by atoms with van der Waals surface area (Å²) in [6, 6.07) is 14.2. The normalized spacial score (nSPS) is 17.8. The van der Waals surface area contributed by atoms with Gasteiger partial charge < -0.3 is 20.4 Å². The second-order valence-electron chi connectivity index (χ2n) is 7.26. The Morgan fingerprint density at radius 1 is 1.13 bits per heavy atom. The van der Waals surface area contributed by atoms with Crippen LogP contribution in [0.25, 0.3) is 0 Å². The number of nitrogens with one attached hydrogen (secondary N) is 1. The van der Waals surface area contributed by atoms with Crippen molar-refractivity contribution in [1.29, 1.82) is 0 Å². The summed E-state index contributed by atoms with van der Waals surface area (Å²) < 4.78 is 0. The molecule has 0 saturated carbocycles. The zero-order chi connectivity index (χ0) is 21.7. The van der Waals surface area contributed by atoms with Crippen molar-refractivity contribution in [1.82, 2.24) is 10.2 Å². The number of carbonyl (C=O) groups is 3. The summed E-state index contributed by atoms with van der Waals surface area (Å²) in [5.74, 6) is -2.10. The van der Waals surface area contributed by atoms with Crippen LogP contribution in [0.4, 0.5) is 0 Å². The molecular weight excluding hydrogens is 408 g/mol. The molecule has 1 aliphatic rings. The molecule has 8 heteroatoms. The van der Waals surface area contributed by atoms with Crippen LogP contribution in [0.3, 0.4) is 0 Å². The predicted molar refractivity (Wildman–Crippen MR) is 111 cm³/mol. The lowest BCUT2D eigenvalue weighted by Gasteiger charge is -2.35. The molecule has 1 saturated heterocycles. The highest BCUT2D eigenvalue weighted by molar-refractivity contribution is 6.31. The highest BCUT2D eigenvalue weighted by atomic mass is 35.5. The Labute approximate surface area is 179 Å². The number of hydrogen-bond donors (Lipinski definition) is 3. The molecule has 0 bridgehead atoms. The van der Waals surface area contributed by atoms with Gasteiger partial charge >= 0.3 is 5.97 Å². The first kappa shape index (κ1) is 21.8. The van der Waals surface area contributed by atoms with Gasteiger partial charge in [-0.1, -0.05) is 60.1 Å². The van der Waals surface area contributed by atoms with Crippen molar-refractivity contribution in [2.75, 3.05) is 0 Å². The lowest BCUT2D eigenvalue weighted by atomic mass is 9.97. The number of carbonyl (C=O) groups excluding carboxylic acids is 2. The number of amides is 2. The SMILES string of the molecule is O=C1CC[C@H](C(=O)N(Cc2ccccc2Cl)C(Cc2ccccc2)C(O)C(=O)O)N1. The van der Waals surface area contributed by atoms with E-state index in [0.29, 0.717) is 17.0 Å². The standard InChI is InChI=1S/C22H23ClN2O5/c23-16-9-5-4-8-15(16)13-25(21(28)17-10-11-19(26)24-17)18(20(27)22(29)30)12-14-6-2-1-3-7-14/h1-9,17-18,20,27H,10-13H2,(H,24,26)(H,29,30)/t17-,18?,20?/m1/s1. The summed E-state index contributed by atoms with van der Waals surface area (Å²) in [6.07, 6.45) is -1.14. The van der Waals surface area contributed by atoms with Gasteiger partial charge in [-0.05, 0) is 30.0 Å². The minimum atomic E-state index is -1.81. The monoisotopic (exact) mass is 430 g/mol. The van der Waals surface area contributed by atoms with E-state index < -0.39 is 30.1 Å². The quantitative estimate of drug-likeness (QED) is 0.593. The minimum Gasteiger partial charge on any atom is -0.479 e. The first-order valence-corrected chi connectivity index (χ1v) is 10.0. The minimum absolute atomic E-state index is 0.00666. The molecule has 158 valence electrons. The Morgan fingerprint density at radius 3 is 2.40 bits per heavy atom. The molecule has 0 spiro atoms. The molecule has 2 aromatic carbocycles. The molecule has 0 aliphatic carbocycles. The molecule has 1 fully saturated rings. The number of aliphatic carboxylic acids is 1. The van der Waals surface area contributed by atoms with Crippen molar-refractivity contribution in [2.24, 2.45) is 0 Å². The number of carboxylic acids is 1. The lowest BCUT2D eigenvalue weighted by Crippen LogP contribution is -2.55. The smallest absolute Gasteiger partial charge is 0.334 e. The molecule has 7 nitrogen and oxygen atoms in total. The maximum atomic E-state index is 13.3. The molecular formula is C22H23ClN2O5. The van der Waals surface area contributed by atoms with Gasteiger partial charge in [-0.2, -0.15) is 0 Å². The first-order valence-electron chi connectivity index (χ1n) is 9.65. The van der Waals surface area contributed by atoms with E-state index in [9.17, 15) is 24.6 Å². The number of nitrogens with zero attached hydrogens (tertiary/aromatic N) is 1. The summed E-state index contributed by atoms with van der Waals surface area (Å²) in [5.41, 5.74) is 1.39. The van der Waals surface area contributed by atoms with E-state index in [1.54, 1.807) is 48.5 Å². The van der Waals surface area contributed by atoms with Gasteiger partial charge in [0.25, 0.3) is 0 Å². The van der Waals surface area contributed by atoms with Gasteiger partial charge in [-0.15, -0.1) is 0 Å². The average molecular weight is 431 g/mol. The lowest BCUT2D eigenvalue weighted by molar-refractivity contribution is -0.154. The van der Waals surface area contributed by atoms with Gasteiger partial charge in [-0.25, -0.2) is 4.79 Å². The average Bonchev–Trinajstić information content (AvgIpc) is 3.18. The third kappa shape index (κ3) is 5.17. The van der Waals surface area contributed by atoms with Crippen molar-refractivity contribution in [2.45, 2.75) is 44.0 Å². The summed E-state index contributed by atoms with van der Waals surface area (Å²) in [7, 11) is 0. The third-order valence-corrected chi connectivity index (χ3v) is 5.55. The summed E-state index contributed by atoms with van der Waals surface area (Å²) in [6.45, 7) is 0.00666. The zero-order valence-corrected chi connectivity index (χ0v) is 17.0. The van der Waals surface area contributed by atoms with Crippen molar-refractivity contribution >= 4 is 29.4 Å². The van der Waals surface area contributed by atoms with E-state index >= 15 is 0 Å². The molecule has 1 heterocycles. The Morgan fingerprint density at radius 2 is 1.80 bits per heavy atom. The van der Waals surface area contributed by atoms with Crippen molar-refractivity contribution < 1.29 is 24.6 Å². The van der Waals surface area contributed by atoms with E-state index in [-0.39, 0.29) is 25.3 Å². The summed E-state index contributed by atoms with van der Waals surface area (Å²) in [4.78, 5) is 38.0. The highest BCUT2D eigenvalue weighted by Crippen LogP contribution is 2.23. The van der Waals surface area contributed by atoms with Gasteiger partial charge in [0.05, 0.1) is 6.04 Å². The van der Waals surface area contributed by atoms with Crippen LogP contribution in [-0.4, -0.2) is 51.1 Å². The van der Waals surface area contributed by atoms with E-state index in [2.05, 4.69) is 5.32 Å². The second kappa shape index (κ2) is 9.73. The van der Waals surface area contributed by atoms with Crippen molar-refractivity contribution in [3.63, 3.8) is 0 Å². The van der Waals surface area contributed by atoms with Crippen LogP contribution < -0.4 is 5.32 Å². The fourth-order valence-corrected chi connectivity index (χ4v) is 3.78. The number of halogens is 1. The van der Waals surface area contributed by atoms with Gasteiger partial charge in [0.1, 0.15) is 6.04 Å². The second-order valence-corrected chi connectivity index (χ2v) is 7.66. The largest absolute Gasteiger partial charge is 0.479 e. The van der Waals surface area contributed by atoms with Gasteiger partial charge in [0, 0.05) is 18.0 Å². The zero-order valence-electron chi connectivity index (χ0n) is 16.2. The van der Waals surface area contributed by atoms with Crippen LogP contribution in [-0.2, 0) is 27.3 Å². The third-order valence-electron chi connectivity index (χ3n) is 5.18. The molecule has 0 radical (unpaired) electrons. The number of benzene rings is 2. The molecule has 2 amide bonds. The van der Waals surface area contributed by atoms with E-state index in [1.165, 1.54) is 4.90 Å². The molecule has 1 aliphatic heterocycles. The molecule has 3 atom stereocenters. The number of aliphatic hydroxyl groups excluding tert-OH is 1. The molecule has 2 unspecified atom stereocenters. The predicted octanol–water partition coefficient (Wildman–Crippen LogP) is 2.00. The van der Waals surface area contributed by atoms with E-state index in [0.717, 1.165) is 5.56 Å². The van der Waals surface area contributed by atoms with E-state index in [4.69, 9.17) is 11.6 Å². The molecule has 0 aromatic heterocycles. The number of hydrogen-bond acceptors (Lipinski definition) is 4. The van der Waals surface area contributed by atoms with Crippen LogP contribution in [0.2, 0.25) is 5.02 Å². The topological polar surface area (TPSA) is 107 Å². The maximum absolute atomic E-state index is 13.3. The van der Waals surface area contributed by atoms with Crippen LogP contribution in [0.1, 0.15) is 24.0 Å². The van der Waals surface area contributed by atoms with E-state index in [1.807, 2.05) is 6.07 Å². The fraction of sp³-hybridized carbons (Fsp3) is 0.318. The van der Waals surface area contributed by atoms with Crippen LogP contribution in [0.15, 0.2) is 54.6 Å². The van der Waals surface area contributed by atoms with Crippen LogP contribution >= 0.6 is 11.6 Å². The highest BCUT2D eigenvalue weighted by Gasteiger charge is 2.39. The Bertz CT molecular complexity index is 921. The number of carboxylic acid groups (broad SMARTS) is 1. The molecule has 3 rings (SSSR count). The Kier molecular flexibility index (Phi) is 7.07.